The first-order valence-electron chi connectivity index (χ1n) is 4.38. The maximum absolute atomic E-state index is 11.0. The summed E-state index contributed by atoms with van der Waals surface area (Å²) in [6.45, 7) is 0. The summed E-state index contributed by atoms with van der Waals surface area (Å²) in [5, 5.41) is 10.0. The van der Waals surface area contributed by atoms with Gasteiger partial charge in [-0.1, -0.05) is 18.2 Å². The molecule has 0 radical (unpaired) electrons. The predicted octanol–water partition coefficient (Wildman–Crippen LogP) is 0.362. The standard InChI is InChI=1S/C9H11N3O2S/c1-12-9(6-15(10,13)14)7-4-2-3-5-8(7)11-12/h2-5H,6H2,1H3,(H2,10,13,14). The van der Waals surface area contributed by atoms with Gasteiger partial charge in [-0.05, 0) is 6.07 Å². The second-order valence-electron chi connectivity index (χ2n) is 3.39. The highest BCUT2D eigenvalue weighted by atomic mass is 32.2. The van der Waals surface area contributed by atoms with E-state index in [1.54, 1.807) is 11.7 Å². The molecule has 1 aromatic heterocycles. The monoisotopic (exact) mass is 225 g/mol. The highest BCUT2D eigenvalue weighted by Crippen LogP contribution is 2.18. The second kappa shape index (κ2) is 3.32. The van der Waals surface area contributed by atoms with Gasteiger partial charge in [0, 0.05) is 12.4 Å². The first-order chi connectivity index (χ1) is 6.97. The van der Waals surface area contributed by atoms with Crippen LogP contribution in [0.15, 0.2) is 24.3 Å². The lowest BCUT2D eigenvalue weighted by atomic mass is 10.2. The van der Waals surface area contributed by atoms with Crippen molar-refractivity contribution in [2.24, 2.45) is 12.2 Å². The molecule has 0 saturated carbocycles. The fourth-order valence-corrected chi connectivity index (χ4v) is 2.29. The lowest BCUT2D eigenvalue weighted by Crippen LogP contribution is -2.16. The zero-order valence-electron chi connectivity index (χ0n) is 8.21. The zero-order valence-corrected chi connectivity index (χ0v) is 9.03. The maximum atomic E-state index is 11.0. The number of benzene rings is 1. The fourth-order valence-electron chi connectivity index (χ4n) is 1.56. The number of rotatable bonds is 2. The van der Waals surface area contributed by atoms with E-state index in [1.807, 2.05) is 24.3 Å². The van der Waals surface area contributed by atoms with Gasteiger partial charge in [-0.15, -0.1) is 0 Å². The molecule has 2 rings (SSSR count). The van der Waals surface area contributed by atoms with E-state index in [-0.39, 0.29) is 5.75 Å². The van der Waals surface area contributed by atoms with Crippen LogP contribution in [-0.2, 0) is 22.8 Å². The molecule has 0 bridgehead atoms. The Bertz CT molecular complexity index is 601. The van der Waals surface area contributed by atoms with Crippen LogP contribution in [0.25, 0.3) is 10.9 Å². The summed E-state index contributed by atoms with van der Waals surface area (Å²) >= 11 is 0. The highest BCUT2D eigenvalue weighted by molar-refractivity contribution is 7.88. The molecule has 0 amide bonds. The molecule has 0 aliphatic rings. The third kappa shape index (κ3) is 2.00. The summed E-state index contributed by atoms with van der Waals surface area (Å²) in [7, 11) is -1.81. The van der Waals surface area contributed by atoms with Gasteiger partial charge in [-0.25, -0.2) is 13.6 Å². The van der Waals surface area contributed by atoms with E-state index in [0.29, 0.717) is 5.69 Å². The highest BCUT2D eigenvalue weighted by Gasteiger charge is 2.13. The van der Waals surface area contributed by atoms with Crippen LogP contribution in [0.2, 0.25) is 0 Å². The largest absolute Gasteiger partial charge is 0.270 e. The van der Waals surface area contributed by atoms with Crippen LogP contribution < -0.4 is 5.14 Å². The minimum Gasteiger partial charge on any atom is -0.270 e. The molecule has 6 heteroatoms. The van der Waals surface area contributed by atoms with Crippen LogP contribution in [0.5, 0.6) is 0 Å². The Morgan fingerprint density at radius 3 is 2.73 bits per heavy atom. The normalized spacial score (nSPS) is 12.1. The van der Waals surface area contributed by atoms with Crippen LogP contribution in [-0.4, -0.2) is 18.2 Å². The minimum atomic E-state index is -3.52. The Kier molecular flexibility index (Phi) is 2.24. The Hall–Kier alpha value is -1.40. The number of aryl methyl sites for hydroxylation is 1. The van der Waals surface area contributed by atoms with Crippen molar-refractivity contribution in [3.05, 3.63) is 30.0 Å². The molecule has 80 valence electrons. The number of hydrogen-bond acceptors (Lipinski definition) is 3. The number of hydrogen-bond donors (Lipinski definition) is 1. The molecule has 0 fully saturated rings. The van der Waals surface area contributed by atoms with E-state index in [0.717, 1.165) is 10.9 Å². The maximum Gasteiger partial charge on any atom is 0.214 e. The van der Waals surface area contributed by atoms with Crippen LogP contribution >= 0.6 is 0 Å². The van der Waals surface area contributed by atoms with Gasteiger partial charge in [-0.3, -0.25) is 4.68 Å². The van der Waals surface area contributed by atoms with Gasteiger partial charge < -0.3 is 0 Å². The molecular weight excluding hydrogens is 214 g/mol. The quantitative estimate of drug-likeness (QED) is 0.801. The predicted molar refractivity (Wildman–Crippen MR) is 57.5 cm³/mol. The van der Waals surface area contributed by atoms with Crippen molar-refractivity contribution in [1.29, 1.82) is 0 Å². The summed E-state index contributed by atoms with van der Waals surface area (Å²) in [5.41, 5.74) is 1.40. The number of nitrogens with zero attached hydrogens (tertiary/aromatic N) is 2. The topological polar surface area (TPSA) is 78.0 Å². The molecule has 2 aromatic rings. The van der Waals surface area contributed by atoms with E-state index >= 15 is 0 Å². The molecule has 0 aliphatic carbocycles. The van der Waals surface area contributed by atoms with E-state index < -0.39 is 10.0 Å². The van der Waals surface area contributed by atoms with Gasteiger partial charge in [0.25, 0.3) is 0 Å². The molecule has 0 spiro atoms. The lowest BCUT2D eigenvalue weighted by molar-refractivity contribution is 0.594. The lowest BCUT2D eigenvalue weighted by Gasteiger charge is -1.99. The molecule has 1 aromatic carbocycles. The van der Waals surface area contributed by atoms with Crippen LogP contribution in [0, 0.1) is 0 Å². The first-order valence-corrected chi connectivity index (χ1v) is 6.10. The van der Waals surface area contributed by atoms with Crippen molar-refractivity contribution in [2.75, 3.05) is 0 Å². The molecule has 1 heterocycles. The molecule has 0 aliphatic heterocycles. The third-order valence-corrected chi connectivity index (χ3v) is 2.88. The Balaban J connectivity index is 2.64. The molecular formula is C9H11N3O2S. The number of sulfonamides is 1. The first kappa shape index (κ1) is 10.1. The van der Waals surface area contributed by atoms with Gasteiger partial charge in [0.1, 0.15) is 5.75 Å². The molecule has 0 unspecified atom stereocenters. The number of nitrogens with two attached hydrogens (primary N) is 1. The Morgan fingerprint density at radius 1 is 1.40 bits per heavy atom. The summed E-state index contributed by atoms with van der Waals surface area (Å²) < 4.78 is 23.6. The minimum absolute atomic E-state index is 0.190. The van der Waals surface area contributed by atoms with Crippen molar-refractivity contribution in [3.8, 4) is 0 Å². The Morgan fingerprint density at radius 2 is 2.07 bits per heavy atom. The SMILES string of the molecule is Cn1nc2ccccc2c1CS(N)(=O)=O. The third-order valence-electron chi connectivity index (χ3n) is 2.20. The molecule has 5 nitrogen and oxygen atoms in total. The van der Waals surface area contributed by atoms with Gasteiger partial charge in [0.15, 0.2) is 0 Å². The average Bonchev–Trinajstić information content (AvgIpc) is 2.41. The second-order valence-corrected chi connectivity index (χ2v) is 5.01. The molecule has 2 N–H and O–H groups in total. The van der Waals surface area contributed by atoms with Crippen LogP contribution in [0.1, 0.15) is 5.69 Å². The van der Waals surface area contributed by atoms with Crippen molar-refractivity contribution < 1.29 is 8.42 Å². The summed E-state index contributed by atoms with van der Waals surface area (Å²) in [6.07, 6.45) is 0. The van der Waals surface area contributed by atoms with Crippen LogP contribution in [0.3, 0.4) is 0 Å². The van der Waals surface area contributed by atoms with Crippen molar-refractivity contribution >= 4 is 20.9 Å². The molecule has 0 atom stereocenters. The van der Waals surface area contributed by atoms with Gasteiger partial charge >= 0.3 is 0 Å². The van der Waals surface area contributed by atoms with E-state index in [2.05, 4.69) is 5.10 Å². The van der Waals surface area contributed by atoms with E-state index in [9.17, 15) is 8.42 Å². The summed E-state index contributed by atoms with van der Waals surface area (Å²) in [4.78, 5) is 0. The van der Waals surface area contributed by atoms with Gasteiger partial charge in [-0.2, -0.15) is 5.10 Å². The summed E-state index contributed by atoms with van der Waals surface area (Å²) in [5.74, 6) is -0.190. The van der Waals surface area contributed by atoms with E-state index in [1.165, 1.54) is 0 Å². The zero-order chi connectivity index (χ0) is 11.1. The van der Waals surface area contributed by atoms with Crippen molar-refractivity contribution in [1.82, 2.24) is 9.78 Å². The molecule has 0 saturated heterocycles. The number of fused-ring (bicyclic) bond motifs is 1. The fraction of sp³-hybridized carbons (Fsp3) is 0.222. The Labute approximate surface area is 87.6 Å². The molecule has 15 heavy (non-hydrogen) atoms. The van der Waals surface area contributed by atoms with Crippen LogP contribution in [0.4, 0.5) is 0 Å². The van der Waals surface area contributed by atoms with Crippen molar-refractivity contribution in [3.63, 3.8) is 0 Å². The van der Waals surface area contributed by atoms with E-state index in [4.69, 9.17) is 5.14 Å². The summed E-state index contributed by atoms with van der Waals surface area (Å²) in [6, 6.07) is 7.37. The van der Waals surface area contributed by atoms with Gasteiger partial charge in [0.05, 0.1) is 11.2 Å². The average molecular weight is 225 g/mol. The number of primary sulfonamides is 1. The smallest absolute Gasteiger partial charge is 0.214 e. The number of aromatic nitrogens is 2. The van der Waals surface area contributed by atoms with Crippen molar-refractivity contribution in [2.45, 2.75) is 5.75 Å². The van der Waals surface area contributed by atoms with Gasteiger partial charge in [0.2, 0.25) is 10.0 Å².